The van der Waals surface area contributed by atoms with Crippen LogP contribution < -0.4 is 0 Å². The highest BCUT2D eigenvalue weighted by atomic mass is 35.5. The molecular weight excluding hydrogens is 146 g/mol. The number of aromatic nitrogens is 1. The zero-order valence-corrected chi connectivity index (χ0v) is 7.16. The molecule has 0 atom stereocenters. The second kappa shape index (κ2) is 2.59. The molecule has 0 unspecified atom stereocenters. The lowest BCUT2D eigenvalue weighted by Gasteiger charge is -2.03. The van der Waals surface area contributed by atoms with Crippen LogP contribution in [0.2, 0.25) is 5.02 Å². The topological polar surface area (TPSA) is 12.9 Å². The Balaban J connectivity index is 3.34. The maximum Gasteiger partial charge on any atom is 0.0621 e. The third kappa shape index (κ3) is 1.14. The predicted octanol–water partition coefficient (Wildman–Crippen LogP) is 2.66. The Hall–Kier alpha value is -0.560. The Labute approximate surface area is 66.0 Å². The van der Waals surface area contributed by atoms with Crippen LogP contribution in [-0.4, -0.2) is 4.98 Å². The van der Waals surface area contributed by atoms with Gasteiger partial charge in [0, 0.05) is 11.9 Å². The number of pyridine rings is 1. The molecule has 2 heteroatoms. The first-order valence-electron chi connectivity index (χ1n) is 3.21. The number of aryl methyl sites for hydroxylation is 1. The summed E-state index contributed by atoms with van der Waals surface area (Å²) in [4.78, 5) is 4.11. The molecule has 0 aliphatic heterocycles. The van der Waals surface area contributed by atoms with Crippen LogP contribution in [0.15, 0.2) is 6.20 Å². The average Bonchev–Trinajstić information content (AvgIpc) is 1.93. The minimum absolute atomic E-state index is 0.753. The average molecular weight is 156 g/mol. The zero-order chi connectivity index (χ0) is 7.72. The molecule has 54 valence electrons. The molecule has 0 saturated carbocycles. The van der Waals surface area contributed by atoms with E-state index < -0.39 is 0 Å². The summed E-state index contributed by atoms with van der Waals surface area (Å²) in [7, 11) is 0. The molecule has 0 aromatic carbocycles. The molecule has 0 bridgehead atoms. The molecule has 1 rings (SSSR count). The van der Waals surface area contributed by atoms with E-state index in [2.05, 4.69) is 4.98 Å². The normalized spacial score (nSPS) is 10.0. The van der Waals surface area contributed by atoms with Crippen LogP contribution in [0.4, 0.5) is 0 Å². The molecule has 10 heavy (non-hydrogen) atoms. The lowest BCUT2D eigenvalue weighted by atomic mass is 10.1. The molecule has 0 N–H and O–H groups in total. The Morgan fingerprint density at radius 2 is 1.80 bits per heavy atom. The van der Waals surface area contributed by atoms with E-state index in [1.165, 1.54) is 5.56 Å². The minimum Gasteiger partial charge on any atom is -0.260 e. The second-order valence-corrected chi connectivity index (χ2v) is 2.85. The van der Waals surface area contributed by atoms with Crippen molar-refractivity contribution in [2.75, 3.05) is 0 Å². The molecule has 1 aromatic rings. The van der Waals surface area contributed by atoms with Crippen molar-refractivity contribution < 1.29 is 0 Å². The molecular formula is C8H10ClN. The Kier molecular flexibility index (Phi) is 1.95. The highest BCUT2D eigenvalue weighted by molar-refractivity contribution is 6.31. The van der Waals surface area contributed by atoms with E-state index in [9.17, 15) is 0 Å². The first-order chi connectivity index (χ1) is 4.63. The van der Waals surface area contributed by atoms with Gasteiger partial charge in [0.2, 0.25) is 0 Å². The smallest absolute Gasteiger partial charge is 0.0621 e. The van der Waals surface area contributed by atoms with Crippen LogP contribution in [-0.2, 0) is 0 Å². The van der Waals surface area contributed by atoms with Gasteiger partial charge in [-0.05, 0) is 31.9 Å². The van der Waals surface area contributed by atoms with Gasteiger partial charge in [-0.1, -0.05) is 11.6 Å². The van der Waals surface area contributed by atoms with E-state index in [-0.39, 0.29) is 0 Å². The van der Waals surface area contributed by atoms with E-state index >= 15 is 0 Å². The molecule has 0 radical (unpaired) electrons. The summed E-state index contributed by atoms with van der Waals surface area (Å²) in [5.41, 5.74) is 3.38. The van der Waals surface area contributed by atoms with Gasteiger partial charge in [-0.3, -0.25) is 4.98 Å². The van der Waals surface area contributed by atoms with Gasteiger partial charge in [0.05, 0.1) is 5.02 Å². The van der Waals surface area contributed by atoms with Crippen LogP contribution in [0.3, 0.4) is 0 Å². The second-order valence-electron chi connectivity index (χ2n) is 2.44. The summed E-state index contributed by atoms with van der Waals surface area (Å²) >= 11 is 5.82. The van der Waals surface area contributed by atoms with E-state index in [1.807, 2.05) is 20.8 Å². The van der Waals surface area contributed by atoms with Crippen molar-refractivity contribution in [3.05, 3.63) is 28.0 Å². The van der Waals surface area contributed by atoms with E-state index in [0.29, 0.717) is 0 Å². The van der Waals surface area contributed by atoms with Crippen molar-refractivity contribution in [1.29, 1.82) is 0 Å². The summed E-state index contributed by atoms with van der Waals surface area (Å²) in [6.45, 7) is 6.02. The zero-order valence-electron chi connectivity index (χ0n) is 6.40. The van der Waals surface area contributed by atoms with E-state index in [4.69, 9.17) is 11.6 Å². The van der Waals surface area contributed by atoms with Crippen molar-refractivity contribution in [2.45, 2.75) is 20.8 Å². The van der Waals surface area contributed by atoms with Crippen molar-refractivity contribution in [3.63, 3.8) is 0 Å². The molecule has 0 amide bonds. The van der Waals surface area contributed by atoms with Gasteiger partial charge in [-0.2, -0.15) is 0 Å². The van der Waals surface area contributed by atoms with Crippen LogP contribution in [0.5, 0.6) is 0 Å². The van der Waals surface area contributed by atoms with Gasteiger partial charge in [-0.25, -0.2) is 0 Å². The first-order valence-corrected chi connectivity index (χ1v) is 3.59. The maximum absolute atomic E-state index is 5.82. The van der Waals surface area contributed by atoms with Gasteiger partial charge < -0.3 is 0 Å². The van der Waals surface area contributed by atoms with Gasteiger partial charge in [-0.15, -0.1) is 0 Å². The number of hydrogen-bond acceptors (Lipinski definition) is 1. The third-order valence-electron chi connectivity index (χ3n) is 1.83. The van der Waals surface area contributed by atoms with Crippen LogP contribution in [0.25, 0.3) is 0 Å². The largest absolute Gasteiger partial charge is 0.260 e. The summed E-state index contributed by atoms with van der Waals surface area (Å²) in [5, 5.41) is 0.753. The molecule has 0 aliphatic rings. The van der Waals surface area contributed by atoms with Crippen molar-refractivity contribution in [1.82, 2.24) is 4.98 Å². The maximum atomic E-state index is 5.82. The minimum atomic E-state index is 0.753. The summed E-state index contributed by atoms with van der Waals surface area (Å²) < 4.78 is 0. The quantitative estimate of drug-likeness (QED) is 0.562. The summed E-state index contributed by atoms with van der Waals surface area (Å²) in [6.07, 6.45) is 1.69. The van der Waals surface area contributed by atoms with Crippen LogP contribution in [0, 0.1) is 20.8 Å². The molecule has 1 heterocycles. The number of rotatable bonds is 0. The molecule has 1 aromatic heterocycles. The molecule has 0 saturated heterocycles. The molecule has 0 fully saturated rings. The number of nitrogens with zero attached hydrogens (tertiary/aromatic N) is 1. The van der Waals surface area contributed by atoms with E-state index in [0.717, 1.165) is 16.3 Å². The predicted molar refractivity (Wildman–Crippen MR) is 43.5 cm³/mol. The standard InChI is InChI=1S/C8H10ClN/c1-5-6(2)8(9)4-10-7(5)3/h4H,1-3H3. The highest BCUT2D eigenvalue weighted by Gasteiger charge is 2.00. The van der Waals surface area contributed by atoms with Gasteiger partial charge in [0.25, 0.3) is 0 Å². The summed E-state index contributed by atoms with van der Waals surface area (Å²) in [6, 6.07) is 0. The lowest BCUT2D eigenvalue weighted by molar-refractivity contribution is 1.12. The Morgan fingerprint density at radius 3 is 2.30 bits per heavy atom. The van der Waals surface area contributed by atoms with Crippen LogP contribution in [0.1, 0.15) is 16.8 Å². The van der Waals surface area contributed by atoms with Crippen molar-refractivity contribution >= 4 is 11.6 Å². The Morgan fingerprint density at radius 1 is 1.20 bits per heavy atom. The first kappa shape index (κ1) is 7.55. The molecule has 1 nitrogen and oxygen atoms in total. The van der Waals surface area contributed by atoms with Gasteiger partial charge in [0.1, 0.15) is 0 Å². The van der Waals surface area contributed by atoms with Gasteiger partial charge in [0.15, 0.2) is 0 Å². The fourth-order valence-corrected chi connectivity index (χ4v) is 0.988. The SMILES string of the molecule is Cc1ncc(Cl)c(C)c1C. The third-order valence-corrected chi connectivity index (χ3v) is 2.22. The molecule has 0 aliphatic carbocycles. The fourth-order valence-electron chi connectivity index (χ4n) is 0.798. The number of hydrogen-bond donors (Lipinski definition) is 0. The van der Waals surface area contributed by atoms with Gasteiger partial charge >= 0.3 is 0 Å². The monoisotopic (exact) mass is 155 g/mol. The summed E-state index contributed by atoms with van der Waals surface area (Å²) in [5.74, 6) is 0. The van der Waals surface area contributed by atoms with Crippen molar-refractivity contribution in [3.8, 4) is 0 Å². The number of halogens is 1. The fraction of sp³-hybridized carbons (Fsp3) is 0.375. The Bertz CT molecular complexity index is 229. The van der Waals surface area contributed by atoms with Crippen LogP contribution >= 0.6 is 11.6 Å². The molecule has 0 spiro atoms. The van der Waals surface area contributed by atoms with E-state index in [1.54, 1.807) is 6.20 Å². The lowest BCUT2D eigenvalue weighted by Crippen LogP contribution is -1.90. The van der Waals surface area contributed by atoms with Crippen molar-refractivity contribution in [2.24, 2.45) is 0 Å². The highest BCUT2D eigenvalue weighted by Crippen LogP contribution is 2.18.